The summed E-state index contributed by atoms with van der Waals surface area (Å²) in [4.78, 5) is 13.0. The Kier molecular flexibility index (Phi) is 3.69. The molecule has 0 aliphatic carbocycles. The largest absolute Gasteiger partial charge is 0.370 e. The van der Waals surface area contributed by atoms with Crippen molar-refractivity contribution >= 4 is 5.91 Å². The van der Waals surface area contributed by atoms with Crippen molar-refractivity contribution in [1.82, 2.24) is 4.90 Å². The van der Waals surface area contributed by atoms with Crippen LogP contribution in [0.15, 0.2) is 0 Å². The number of rotatable bonds is 4. The summed E-state index contributed by atoms with van der Waals surface area (Å²) in [6.45, 7) is 4.85. The van der Waals surface area contributed by atoms with Gasteiger partial charge in [0.2, 0.25) is 5.91 Å². The average molecular weight is 185 g/mol. The van der Waals surface area contributed by atoms with Gasteiger partial charge in [-0.3, -0.25) is 9.69 Å². The summed E-state index contributed by atoms with van der Waals surface area (Å²) in [7, 11) is 0. The Morgan fingerprint density at radius 1 is 1.69 bits per heavy atom. The third-order valence-electron chi connectivity index (χ3n) is 2.68. The van der Waals surface area contributed by atoms with Crippen molar-refractivity contribution < 1.29 is 4.79 Å². The van der Waals surface area contributed by atoms with Gasteiger partial charge >= 0.3 is 0 Å². The van der Waals surface area contributed by atoms with Crippen LogP contribution in [-0.4, -0.2) is 36.5 Å². The van der Waals surface area contributed by atoms with Crippen molar-refractivity contribution in [2.75, 3.05) is 19.6 Å². The van der Waals surface area contributed by atoms with Crippen molar-refractivity contribution in [3.8, 4) is 0 Å². The van der Waals surface area contributed by atoms with E-state index in [9.17, 15) is 4.79 Å². The van der Waals surface area contributed by atoms with E-state index in [1.54, 1.807) is 0 Å². The van der Waals surface area contributed by atoms with Gasteiger partial charge in [0.05, 0.1) is 0 Å². The van der Waals surface area contributed by atoms with E-state index in [0.29, 0.717) is 13.0 Å². The van der Waals surface area contributed by atoms with Crippen LogP contribution in [0.4, 0.5) is 0 Å². The van der Waals surface area contributed by atoms with Gasteiger partial charge in [-0.05, 0) is 18.9 Å². The normalized spacial score (nSPS) is 26.2. The summed E-state index contributed by atoms with van der Waals surface area (Å²) in [5.74, 6) is 0.469. The molecular weight excluding hydrogens is 166 g/mol. The van der Waals surface area contributed by atoms with Gasteiger partial charge in [0.1, 0.15) is 0 Å². The number of likely N-dealkylation sites (tertiary alicyclic amines) is 1. The van der Waals surface area contributed by atoms with E-state index in [1.165, 1.54) is 6.42 Å². The fraction of sp³-hybridized carbons (Fsp3) is 0.889. The Labute approximate surface area is 79.3 Å². The molecular formula is C9H19N3O. The summed E-state index contributed by atoms with van der Waals surface area (Å²) in [5, 5.41) is 0. The molecule has 0 saturated carbocycles. The lowest BCUT2D eigenvalue weighted by molar-refractivity contribution is -0.119. The van der Waals surface area contributed by atoms with Gasteiger partial charge in [-0.1, -0.05) is 6.92 Å². The van der Waals surface area contributed by atoms with Crippen LogP contribution in [0.5, 0.6) is 0 Å². The van der Waals surface area contributed by atoms with Crippen LogP contribution in [-0.2, 0) is 4.79 Å². The maximum absolute atomic E-state index is 10.7. The molecule has 0 bridgehead atoms. The Morgan fingerprint density at radius 3 is 2.77 bits per heavy atom. The SMILES string of the molecule is CC1CCN(C(CN)CC(N)=O)C1. The first-order valence-corrected chi connectivity index (χ1v) is 4.86. The lowest BCUT2D eigenvalue weighted by Crippen LogP contribution is -2.41. The molecule has 0 aromatic carbocycles. The molecule has 1 aliphatic rings. The predicted octanol–water partition coefficient (Wildman–Crippen LogP) is -0.469. The number of primary amides is 1. The van der Waals surface area contributed by atoms with Crippen LogP contribution in [0.3, 0.4) is 0 Å². The topological polar surface area (TPSA) is 72.3 Å². The molecule has 4 heteroatoms. The number of hydrogen-bond acceptors (Lipinski definition) is 3. The Hall–Kier alpha value is -0.610. The highest BCUT2D eigenvalue weighted by molar-refractivity contribution is 5.74. The summed E-state index contributed by atoms with van der Waals surface area (Å²) in [6.07, 6.45) is 1.60. The van der Waals surface area contributed by atoms with Crippen molar-refractivity contribution in [2.45, 2.75) is 25.8 Å². The number of nitrogens with two attached hydrogens (primary N) is 2. The number of carbonyl (C=O) groups excluding carboxylic acids is 1. The molecule has 1 rings (SSSR count). The van der Waals surface area contributed by atoms with Crippen LogP contribution in [0, 0.1) is 5.92 Å². The maximum atomic E-state index is 10.7. The first-order valence-electron chi connectivity index (χ1n) is 4.86. The van der Waals surface area contributed by atoms with E-state index >= 15 is 0 Å². The van der Waals surface area contributed by atoms with Crippen molar-refractivity contribution in [3.63, 3.8) is 0 Å². The summed E-state index contributed by atoms with van der Waals surface area (Å²) < 4.78 is 0. The summed E-state index contributed by atoms with van der Waals surface area (Å²) in [5.41, 5.74) is 10.7. The van der Waals surface area contributed by atoms with Gasteiger partial charge in [0, 0.05) is 25.6 Å². The number of carbonyl (C=O) groups is 1. The van der Waals surface area contributed by atoms with Gasteiger partial charge in [0.15, 0.2) is 0 Å². The molecule has 13 heavy (non-hydrogen) atoms. The van der Waals surface area contributed by atoms with E-state index in [0.717, 1.165) is 19.0 Å². The lowest BCUT2D eigenvalue weighted by atomic mass is 10.1. The minimum atomic E-state index is -0.255. The second-order valence-corrected chi connectivity index (χ2v) is 3.95. The Morgan fingerprint density at radius 2 is 2.38 bits per heavy atom. The summed E-state index contributed by atoms with van der Waals surface area (Å²) in [6, 6.07) is 0.155. The van der Waals surface area contributed by atoms with E-state index in [1.807, 2.05) is 0 Å². The second kappa shape index (κ2) is 4.58. The number of amides is 1. The highest BCUT2D eigenvalue weighted by Crippen LogP contribution is 2.18. The van der Waals surface area contributed by atoms with Crippen LogP contribution >= 0.6 is 0 Å². The minimum Gasteiger partial charge on any atom is -0.370 e. The predicted molar refractivity (Wildman–Crippen MR) is 52.0 cm³/mol. The molecule has 4 nitrogen and oxygen atoms in total. The zero-order chi connectivity index (χ0) is 9.84. The van der Waals surface area contributed by atoms with E-state index in [4.69, 9.17) is 11.5 Å². The Bertz CT molecular complexity index is 184. The number of nitrogens with zero attached hydrogens (tertiary/aromatic N) is 1. The molecule has 0 aromatic rings. The van der Waals surface area contributed by atoms with Gasteiger partial charge in [-0.25, -0.2) is 0 Å². The fourth-order valence-corrected chi connectivity index (χ4v) is 1.89. The molecule has 0 aromatic heterocycles. The van der Waals surface area contributed by atoms with Gasteiger partial charge in [-0.2, -0.15) is 0 Å². The first-order chi connectivity index (χ1) is 6.13. The van der Waals surface area contributed by atoms with Crippen LogP contribution in [0.2, 0.25) is 0 Å². The maximum Gasteiger partial charge on any atom is 0.219 e. The number of hydrogen-bond donors (Lipinski definition) is 2. The standard InChI is InChI=1S/C9H19N3O/c1-7-2-3-12(6-7)8(5-10)4-9(11)13/h7-8H,2-6,10H2,1H3,(H2,11,13). The van der Waals surface area contributed by atoms with Crippen molar-refractivity contribution in [3.05, 3.63) is 0 Å². The van der Waals surface area contributed by atoms with Crippen LogP contribution in [0.1, 0.15) is 19.8 Å². The summed E-state index contributed by atoms with van der Waals surface area (Å²) >= 11 is 0. The molecule has 1 heterocycles. The van der Waals surface area contributed by atoms with Gasteiger partial charge < -0.3 is 11.5 Å². The zero-order valence-electron chi connectivity index (χ0n) is 8.20. The molecule has 1 amide bonds. The molecule has 1 fully saturated rings. The molecule has 2 atom stereocenters. The second-order valence-electron chi connectivity index (χ2n) is 3.95. The smallest absolute Gasteiger partial charge is 0.219 e. The third kappa shape index (κ3) is 2.97. The monoisotopic (exact) mass is 185 g/mol. The fourth-order valence-electron chi connectivity index (χ4n) is 1.89. The Balaban J connectivity index is 2.42. The lowest BCUT2D eigenvalue weighted by Gasteiger charge is -2.25. The zero-order valence-corrected chi connectivity index (χ0v) is 8.20. The highest BCUT2D eigenvalue weighted by atomic mass is 16.1. The highest BCUT2D eigenvalue weighted by Gasteiger charge is 2.25. The van der Waals surface area contributed by atoms with E-state index in [2.05, 4.69) is 11.8 Å². The third-order valence-corrected chi connectivity index (χ3v) is 2.68. The first kappa shape index (κ1) is 10.5. The molecule has 76 valence electrons. The average Bonchev–Trinajstić information content (AvgIpc) is 2.47. The van der Waals surface area contributed by atoms with Crippen molar-refractivity contribution in [2.24, 2.45) is 17.4 Å². The molecule has 0 radical (unpaired) electrons. The molecule has 2 unspecified atom stereocenters. The molecule has 4 N–H and O–H groups in total. The molecule has 0 spiro atoms. The van der Waals surface area contributed by atoms with Crippen LogP contribution < -0.4 is 11.5 Å². The van der Waals surface area contributed by atoms with E-state index < -0.39 is 0 Å². The molecule has 1 aliphatic heterocycles. The quantitative estimate of drug-likeness (QED) is 0.622. The minimum absolute atomic E-state index is 0.155. The van der Waals surface area contributed by atoms with Crippen molar-refractivity contribution in [1.29, 1.82) is 0 Å². The van der Waals surface area contributed by atoms with Gasteiger partial charge in [-0.15, -0.1) is 0 Å². The van der Waals surface area contributed by atoms with Gasteiger partial charge in [0.25, 0.3) is 0 Å². The van der Waals surface area contributed by atoms with Crippen LogP contribution in [0.25, 0.3) is 0 Å². The van der Waals surface area contributed by atoms with E-state index in [-0.39, 0.29) is 11.9 Å². The molecule has 1 saturated heterocycles.